The summed E-state index contributed by atoms with van der Waals surface area (Å²) in [7, 11) is 0. The molecule has 4 aromatic heterocycles. The van der Waals surface area contributed by atoms with Crippen LogP contribution in [0.3, 0.4) is 0 Å². The van der Waals surface area contributed by atoms with E-state index in [1.54, 1.807) is 24.9 Å². The van der Waals surface area contributed by atoms with Gasteiger partial charge in [-0.1, -0.05) is 0 Å². The van der Waals surface area contributed by atoms with Crippen LogP contribution in [0.25, 0.3) is 38.5 Å². The summed E-state index contributed by atoms with van der Waals surface area (Å²) in [6.45, 7) is 0. The summed E-state index contributed by atoms with van der Waals surface area (Å²) in [4.78, 5) is 27.5. The van der Waals surface area contributed by atoms with Crippen LogP contribution in [0.5, 0.6) is 5.75 Å². The van der Waals surface area contributed by atoms with Crippen molar-refractivity contribution < 1.29 is 5.11 Å². The van der Waals surface area contributed by atoms with Crippen molar-refractivity contribution in [2.45, 2.75) is 0 Å². The predicted octanol–water partition coefficient (Wildman–Crippen LogP) is 2.10. The molecular formula is C18H12N6O2. The number of aromatic nitrogens is 5. The number of aromatic amines is 1. The summed E-state index contributed by atoms with van der Waals surface area (Å²) in [5, 5.41) is 12.0. The lowest BCUT2D eigenvalue weighted by molar-refractivity contribution is 0.471. The Labute approximate surface area is 145 Å². The van der Waals surface area contributed by atoms with Gasteiger partial charge < -0.3 is 15.8 Å². The maximum Gasteiger partial charge on any atom is 0.222 e. The molecule has 0 spiro atoms. The number of phenols is 1. The Morgan fingerprint density at radius 1 is 1.04 bits per heavy atom. The van der Waals surface area contributed by atoms with Crippen molar-refractivity contribution in [3.63, 3.8) is 0 Å². The minimum absolute atomic E-state index is 0.320. The highest BCUT2D eigenvalue weighted by Crippen LogP contribution is 2.30. The van der Waals surface area contributed by atoms with Gasteiger partial charge in [-0.25, -0.2) is 4.98 Å². The molecule has 0 aliphatic rings. The quantitative estimate of drug-likeness (QED) is 0.400. The van der Waals surface area contributed by atoms with E-state index in [0.29, 0.717) is 27.9 Å². The van der Waals surface area contributed by atoms with E-state index in [2.05, 4.69) is 19.9 Å². The fourth-order valence-electron chi connectivity index (χ4n) is 3.16. The molecule has 8 heteroatoms. The summed E-state index contributed by atoms with van der Waals surface area (Å²) in [5.41, 5.74) is 7.86. The van der Waals surface area contributed by atoms with Gasteiger partial charge in [0.2, 0.25) is 5.43 Å². The molecule has 126 valence electrons. The van der Waals surface area contributed by atoms with Crippen LogP contribution in [0, 0.1) is 0 Å². The zero-order valence-corrected chi connectivity index (χ0v) is 13.3. The largest absolute Gasteiger partial charge is 0.504 e. The van der Waals surface area contributed by atoms with Crippen LogP contribution >= 0.6 is 0 Å². The number of nitrogens with one attached hydrogen (secondary N) is 1. The monoisotopic (exact) mass is 344 g/mol. The number of hydrogen-bond acceptors (Lipinski definition) is 6. The molecule has 0 atom stereocenters. The zero-order valence-electron chi connectivity index (χ0n) is 13.3. The van der Waals surface area contributed by atoms with E-state index in [-0.39, 0.29) is 5.75 Å². The van der Waals surface area contributed by atoms with E-state index in [1.165, 1.54) is 12.1 Å². The number of imidazole rings is 1. The van der Waals surface area contributed by atoms with Gasteiger partial charge in [-0.05, 0) is 23.6 Å². The van der Waals surface area contributed by atoms with Gasteiger partial charge in [-0.2, -0.15) is 0 Å². The molecule has 26 heavy (non-hydrogen) atoms. The van der Waals surface area contributed by atoms with Crippen molar-refractivity contribution in [3.8, 4) is 11.6 Å². The maximum atomic E-state index is 11.7. The normalized spacial score (nSPS) is 11.5. The number of rotatable bonds is 1. The lowest BCUT2D eigenvalue weighted by atomic mass is 10.1. The van der Waals surface area contributed by atoms with E-state index in [0.717, 1.165) is 16.4 Å². The molecule has 0 fully saturated rings. The molecule has 4 heterocycles. The summed E-state index contributed by atoms with van der Waals surface area (Å²) < 4.78 is 1.86. The smallest absolute Gasteiger partial charge is 0.222 e. The first-order chi connectivity index (χ1) is 12.6. The molecule has 8 nitrogen and oxygen atoms in total. The van der Waals surface area contributed by atoms with Crippen LogP contribution in [0.1, 0.15) is 0 Å². The molecule has 0 unspecified atom stereocenters. The van der Waals surface area contributed by atoms with E-state index in [1.807, 2.05) is 16.7 Å². The maximum absolute atomic E-state index is 11.7. The van der Waals surface area contributed by atoms with Crippen molar-refractivity contribution in [3.05, 3.63) is 59.4 Å². The van der Waals surface area contributed by atoms with Crippen LogP contribution in [-0.2, 0) is 0 Å². The first-order valence-corrected chi connectivity index (χ1v) is 7.83. The van der Waals surface area contributed by atoms with Gasteiger partial charge in [-0.3, -0.25) is 19.3 Å². The highest BCUT2D eigenvalue weighted by Gasteiger charge is 2.12. The van der Waals surface area contributed by atoms with Gasteiger partial charge in [0.05, 0.1) is 17.2 Å². The Balaban J connectivity index is 1.89. The molecule has 0 bridgehead atoms. The Bertz CT molecular complexity index is 1390. The molecule has 5 aromatic rings. The molecule has 1 aromatic carbocycles. The number of hydrogen-bond donors (Lipinski definition) is 3. The Morgan fingerprint density at radius 2 is 1.92 bits per heavy atom. The average molecular weight is 344 g/mol. The number of phenolic OH excluding ortho intramolecular Hbond substituents is 1. The topological polar surface area (TPSA) is 123 Å². The van der Waals surface area contributed by atoms with Crippen LogP contribution in [-0.4, -0.2) is 29.6 Å². The second kappa shape index (κ2) is 5.03. The number of benzene rings is 1. The summed E-state index contributed by atoms with van der Waals surface area (Å²) >= 11 is 0. The predicted molar refractivity (Wildman–Crippen MR) is 98.4 cm³/mol. The first kappa shape index (κ1) is 14.4. The van der Waals surface area contributed by atoms with Gasteiger partial charge in [0.1, 0.15) is 23.5 Å². The second-order valence-electron chi connectivity index (χ2n) is 5.97. The van der Waals surface area contributed by atoms with E-state index < -0.39 is 5.43 Å². The Hall–Kier alpha value is -3.94. The van der Waals surface area contributed by atoms with Crippen LogP contribution in [0.15, 0.2) is 54.0 Å². The van der Waals surface area contributed by atoms with Gasteiger partial charge in [0.15, 0.2) is 5.75 Å². The van der Waals surface area contributed by atoms with E-state index in [9.17, 15) is 9.90 Å². The van der Waals surface area contributed by atoms with Crippen molar-refractivity contribution in [1.82, 2.24) is 24.5 Å². The minimum Gasteiger partial charge on any atom is -0.504 e. The average Bonchev–Trinajstić information content (AvgIpc) is 3.07. The molecule has 0 aliphatic carbocycles. The van der Waals surface area contributed by atoms with Crippen LogP contribution < -0.4 is 11.2 Å². The van der Waals surface area contributed by atoms with E-state index >= 15 is 0 Å². The highest BCUT2D eigenvalue weighted by molar-refractivity contribution is 6.09. The summed E-state index contributed by atoms with van der Waals surface area (Å²) in [5.74, 6) is 0.800. The SMILES string of the molecule is Nc1[nH]c(-n2cnc3cnccc32)cc2c1cnc1cc(=O)c(O)cc12. The number of nitrogens with two attached hydrogens (primary N) is 1. The minimum atomic E-state index is -0.465. The molecular weight excluding hydrogens is 332 g/mol. The number of fused-ring (bicyclic) bond motifs is 4. The number of nitrogens with zero attached hydrogens (tertiary/aromatic N) is 4. The molecule has 4 N–H and O–H groups in total. The zero-order chi connectivity index (χ0) is 17.8. The summed E-state index contributed by atoms with van der Waals surface area (Å²) in [6, 6.07) is 6.49. The first-order valence-electron chi connectivity index (χ1n) is 7.83. The van der Waals surface area contributed by atoms with Crippen molar-refractivity contribution in [2.75, 3.05) is 5.73 Å². The highest BCUT2D eigenvalue weighted by atomic mass is 16.3. The fourth-order valence-corrected chi connectivity index (χ4v) is 3.16. The van der Waals surface area contributed by atoms with Gasteiger partial charge >= 0.3 is 0 Å². The second-order valence-corrected chi connectivity index (χ2v) is 5.97. The fraction of sp³-hybridized carbons (Fsp3) is 0. The number of anilines is 1. The molecule has 0 saturated carbocycles. The molecule has 0 amide bonds. The molecule has 5 rings (SSSR count). The van der Waals surface area contributed by atoms with Gasteiger partial charge in [-0.15, -0.1) is 0 Å². The lowest BCUT2D eigenvalue weighted by Gasteiger charge is -2.11. The molecule has 0 radical (unpaired) electrons. The molecule has 0 saturated heterocycles. The third kappa shape index (κ3) is 1.95. The van der Waals surface area contributed by atoms with Crippen molar-refractivity contribution in [2.24, 2.45) is 0 Å². The Morgan fingerprint density at radius 3 is 2.81 bits per heavy atom. The Kier molecular flexibility index (Phi) is 2.79. The van der Waals surface area contributed by atoms with Gasteiger partial charge in [0.25, 0.3) is 0 Å². The number of pyridine rings is 3. The summed E-state index contributed by atoms with van der Waals surface area (Å²) in [6.07, 6.45) is 6.67. The van der Waals surface area contributed by atoms with E-state index in [4.69, 9.17) is 5.73 Å². The third-order valence-corrected chi connectivity index (χ3v) is 4.43. The molecule has 0 aliphatic heterocycles. The van der Waals surface area contributed by atoms with Crippen molar-refractivity contribution in [1.29, 1.82) is 0 Å². The van der Waals surface area contributed by atoms with Crippen molar-refractivity contribution >= 4 is 38.5 Å². The lowest BCUT2D eigenvalue weighted by Crippen LogP contribution is -2.02. The number of nitrogen functional groups attached to an aromatic ring is 1. The van der Waals surface area contributed by atoms with Crippen LogP contribution in [0.4, 0.5) is 5.82 Å². The number of H-pyrrole nitrogens is 1. The van der Waals surface area contributed by atoms with Gasteiger partial charge in [0, 0.05) is 29.2 Å². The third-order valence-electron chi connectivity index (χ3n) is 4.43. The van der Waals surface area contributed by atoms with Crippen LogP contribution in [0.2, 0.25) is 0 Å². The number of aromatic hydroxyl groups is 1. The standard InChI is InChI=1S/C18H12N6O2/c19-18-11-6-21-12-5-16(26)15(25)3-10(12)9(11)4-17(23-18)24-8-22-13-7-20-2-1-14(13)24/h1-8,23,25H,19H2.